The van der Waals surface area contributed by atoms with Crippen molar-refractivity contribution in [3.63, 3.8) is 0 Å². The number of carboxylic acids is 1. The number of carboxylic acid groups (broad SMARTS) is 1. The van der Waals surface area contributed by atoms with Crippen molar-refractivity contribution in [3.05, 3.63) is 0 Å². The SMILES string of the molecule is O=C(O)C1CCCC1CN1CC2(CCCC2)C1. The van der Waals surface area contributed by atoms with Gasteiger partial charge in [-0.15, -0.1) is 0 Å². The second-order valence-electron chi connectivity index (χ2n) is 6.51. The molecule has 1 N–H and O–H groups in total. The van der Waals surface area contributed by atoms with Crippen LogP contribution in [0, 0.1) is 17.3 Å². The van der Waals surface area contributed by atoms with Gasteiger partial charge in [0.25, 0.3) is 0 Å². The fourth-order valence-electron chi connectivity index (χ4n) is 4.38. The van der Waals surface area contributed by atoms with Crippen LogP contribution in [-0.2, 0) is 4.79 Å². The molecule has 0 bridgehead atoms. The third-order valence-corrected chi connectivity index (χ3v) is 5.25. The number of hydrogen-bond acceptors (Lipinski definition) is 2. The molecule has 2 unspecified atom stereocenters. The van der Waals surface area contributed by atoms with E-state index < -0.39 is 5.97 Å². The van der Waals surface area contributed by atoms with Gasteiger partial charge in [-0.1, -0.05) is 19.3 Å². The van der Waals surface area contributed by atoms with Crippen molar-refractivity contribution in [1.29, 1.82) is 0 Å². The van der Waals surface area contributed by atoms with Gasteiger partial charge in [0.15, 0.2) is 0 Å². The van der Waals surface area contributed by atoms with E-state index in [9.17, 15) is 9.90 Å². The van der Waals surface area contributed by atoms with E-state index >= 15 is 0 Å². The molecule has 3 fully saturated rings. The molecule has 1 spiro atoms. The molecule has 1 saturated heterocycles. The van der Waals surface area contributed by atoms with E-state index in [-0.39, 0.29) is 5.92 Å². The molecule has 0 radical (unpaired) electrons. The predicted octanol–water partition coefficient (Wildman–Crippen LogP) is 2.36. The maximum atomic E-state index is 11.1. The second kappa shape index (κ2) is 4.27. The third-order valence-electron chi connectivity index (χ3n) is 5.25. The molecular weight excluding hydrogens is 214 g/mol. The number of carbonyl (C=O) groups is 1. The summed E-state index contributed by atoms with van der Waals surface area (Å²) in [5, 5.41) is 9.17. The Morgan fingerprint density at radius 1 is 1.18 bits per heavy atom. The molecule has 2 atom stereocenters. The van der Waals surface area contributed by atoms with Crippen LogP contribution < -0.4 is 0 Å². The Labute approximate surface area is 103 Å². The Kier molecular flexibility index (Phi) is 2.89. The molecule has 3 nitrogen and oxygen atoms in total. The smallest absolute Gasteiger partial charge is 0.306 e. The molecule has 0 aromatic heterocycles. The molecule has 3 heteroatoms. The molecule has 2 saturated carbocycles. The van der Waals surface area contributed by atoms with E-state index in [0.29, 0.717) is 11.3 Å². The zero-order chi connectivity index (χ0) is 11.9. The largest absolute Gasteiger partial charge is 0.481 e. The van der Waals surface area contributed by atoms with Crippen molar-refractivity contribution >= 4 is 5.97 Å². The third kappa shape index (κ3) is 2.10. The quantitative estimate of drug-likeness (QED) is 0.819. The van der Waals surface area contributed by atoms with Gasteiger partial charge in [-0.3, -0.25) is 4.79 Å². The van der Waals surface area contributed by atoms with Gasteiger partial charge in [0.2, 0.25) is 0 Å². The van der Waals surface area contributed by atoms with E-state index in [2.05, 4.69) is 4.90 Å². The van der Waals surface area contributed by atoms with E-state index in [1.807, 2.05) is 0 Å². The summed E-state index contributed by atoms with van der Waals surface area (Å²) in [6.45, 7) is 3.53. The van der Waals surface area contributed by atoms with Crippen LogP contribution >= 0.6 is 0 Å². The zero-order valence-corrected chi connectivity index (χ0v) is 10.5. The van der Waals surface area contributed by atoms with Crippen LogP contribution in [0.25, 0.3) is 0 Å². The van der Waals surface area contributed by atoms with Gasteiger partial charge in [0, 0.05) is 19.6 Å². The summed E-state index contributed by atoms with van der Waals surface area (Å²) < 4.78 is 0. The van der Waals surface area contributed by atoms with Crippen LogP contribution in [0.4, 0.5) is 0 Å². The van der Waals surface area contributed by atoms with Crippen LogP contribution in [-0.4, -0.2) is 35.6 Å². The van der Waals surface area contributed by atoms with Gasteiger partial charge in [0.1, 0.15) is 0 Å². The van der Waals surface area contributed by atoms with Gasteiger partial charge >= 0.3 is 5.97 Å². The van der Waals surface area contributed by atoms with Crippen molar-refractivity contribution in [2.75, 3.05) is 19.6 Å². The maximum absolute atomic E-state index is 11.1. The van der Waals surface area contributed by atoms with Crippen molar-refractivity contribution in [1.82, 2.24) is 4.90 Å². The highest BCUT2D eigenvalue weighted by Gasteiger charge is 2.46. The highest BCUT2D eigenvalue weighted by atomic mass is 16.4. The molecule has 17 heavy (non-hydrogen) atoms. The lowest BCUT2D eigenvalue weighted by atomic mass is 9.77. The van der Waals surface area contributed by atoms with Crippen molar-refractivity contribution < 1.29 is 9.90 Å². The second-order valence-corrected chi connectivity index (χ2v) is 6.51. The van der Waals surface area contributed by atoms with Crippen molar-refractivity contribution in [3.8, 4) is 0 Å². The van der Waals surface area contributed by atoms with Gasteiger partial charge in [-0.2, -0.15) is 0 Å². The average molecular weight is 237 g/mol. The molecule has 96 valence electrons. The molecule has 2 aliphatic carbocycles. The van der Waals surface area contributed by atoms with Gasteiger partial charge in [-0.05, 0) is 37.0 Å². The number of rotatable bonds is 3. The molecule has 3 aliphatic rings. The minimum Gasteiger partial charge on any atom is -0.481 e. The molecule has 1 aliphatic heterocycles. The van der Waals surface area contributed by atoms with E-state index in [1.54, 1.807) is 0 Å². The highest BCUT2D eigenvalue weighted by Crippen LogP contribution is 2.46. The Balaban J connectivity index is 1.50. The van der Waals surface area contributed by atoms with E-state index in [1.165, 1.54) is 38.8 Å². The summed E-state index contributed by atoms with van der Waals surface area (Å²) in [7, 11) is 0. The zero-order valence-electron chi connectivity index (χ0n) is 10.5. The summed E-state index contributed by atoms with van der Waals surface area (Å²) in [5.74, 6) is -0.204. The van der Waals surface area contributed by atoms with Crippen LogP contribution in [0.15, 0.2) is 0 Å². The van der Waals surface area contributed by atoms with Gasteiger partial charge in [-0.25, -0.2) is 0 Å². The van der Waals surface area contributed by atoms with Crippen molar-refractivity contribution in [2.24, 2.45) is 17.3 Å². The van der Waals surface area contributed by atoms with Crippen LogP contribution in [0.5, 0.6) is 0 Å². The van der Waals surface area contributed by atoms with Gasteiger partial charge in [0.05, 0.1) is 5.92 Å². The molecule has 0 aromatic carbocycles. The summed E-state index contributed by atoms with van der Waals surface area (Å²) in [6.07, 6.45) is 8.79. The summed E-state index contributed by atoms with van der Waals surface area (Å²) in [5.41, 5.74) is 0.650. The lowest BCUT2D eigenvalue weighted by Gasteiger charge is -2.49. The Hall–Kier alpha value is -0.570. The molecule has 3 rings (SSSR count). The fraction of sp³-hybridized carbons (Fsp3) is 0.929. The predicted molar refractivity (Wildman–Crippen MR) is 65.8 cm³/mol. The van der Waals surface area contributed by atoms with Crippen LogP contribution in [0.2, 0.25) is 0 Å². The topological polar surface area (TPSA) is 40.5 Å². The van der Waals surface area contributed by atoms with Crippen LogP contribution in [0.1, 0.15) is 44.9 Å². The van der Waals surface area contributed by atoms with Crippen molar-refractivity contribution in [2.45, 2.75) is 44.9 Å². The lowest BCUT2D eigenvalue weighted by Crippen LogP contribution is -2.56. The first-order valence-electron chi connectivity index (χ1n) is 7.14. The fourth-order valence-corrected chi connectivity index (χ4v) is 4.38. The summed E-state index contributed by atoms with van der Waals surface area (Å²) >= 11 is 0. The Morgan fingerprint density at radius 2 is 1.88 bits per heavy atom. The minimum atomic E-state index is -0.566. The first-order chi connectivity index (χ1) is 8.19. The highest BCUT2D eigenvalue weighted by molar-refractivity contribution is 5.70. The summed E-state index contributed by atoms with van der Waals surface area (Å²) in [6, 6.07) is 0. The first kappa shape index (κ1) is 11.5. The minimum absolute atomic E-state index is 0.0601. The average Bonchev–Trinajstić information content (AvgIpc) is 2.84. The van der Waals surface area contributed by atoms with E-state index in [0.717, 1.165) is 25.8 Å². The summed E-state index contributed by atoms with van der Waals surface area (Å²) in [4.78, 5) is 13.6. The van der Waals surface area contributed by atoms with Crippen LogP contribution in [0.3, 0.4) is 0 Å². The van der Waals surface area contributed by atoms with E-state index in [4.69, 9.17) is 0 Å². The number of hydrogen-bond donors (Lipinski definition) is 1. The molecule has 1 heterocycles. The standard InChI is InChI=1S/C14H23NO2/c16-13(17)12-5-3-4-11(12)8-15-9-14(10-15)6-1-2-7-14/h11-12H,1-10H2,(H,16,17). The molecule has 0 amide bonds. The number of likely N-dealkylation sites (tertiary alicyclic amines) is 1. The Morgan fingerprint density at radius 3 is 2.53 bits per heavy atom. The normalized spacial score (nSPS) is 36.2. The Bertz CT molecular complexity index is 301. The number of aliphatic carboxylic acids is 1. The molecule has 0 aromatic rings. The number of nitrogens with zero attached hydrogens (tertiary/aromatic N) is 1. The molecular formula is C14H23NO2. The lowest BCUT2D eigenvalue weighted by molar-refractivity contribution is -0.143. The maximum Gasteiger partial charge on any atom is 0.306 e. The monoisotopic (exact) mass is 237 g/mol. The first-order valence-corrected chi connectivity index (χ1v) is 7.14. The van der Waals surface area contributed by atoms with Gasteiger partial charge < -0.3 is 10.0 Å².